The highest BCUT2D eigenvalue weighted by atomic mass is 16.3. The molecule has 1 rings (SSSR count). The summed E-state index contributed by atoms with van der Waals surface area (Å²) in [6.07, 6.45) is 23.2. The lowest BCUT2D eigenvalue weighted by molar-refractivity contribution is 0.109. The topological polar surface area (TPSA) is 35.8 Å². The standard InChI is InChI=1S/C26H50N2O/c1-6-7-8-9-10-11-12-13-14-15-16-17-18-19-20-21-24-27-25(2,3)22-28(24)26(4,5)23-29/h13-14,29H,6-12,15-23H2,1-5H3. The summed E-state index contributed by atoms with van der Waals surface area (Å²) in [5.74, 6) is 1.20. The molecule has 0 spiro atoms. The lowest BCUT2D eigenvalue weighted by Gasteiger charge is -2.37. The molecule has 3 heteroatoms. The smallest absolute Gasteiger partial charge is 0.100 e. The Morgan fingerprint density at radius 2 is 1.41 bits per heavy atom. The molecule has 1 heterocycles. The highest BCUT2D eigenvalue weighted by Crippen LogP contribution is 2.29. The number of unbranched alkanes of at least 4 members (excludes halogenated alkanes) is 11. The Morgan fingerprint density at radius 3 is 1.97 bits per heavy atom. The third kappa shape index (κ3) is 11.2. The Labute approximate surface area is 182 Å². The van der Waals surface area contributed by atoms with Crippen molar-refractivity contribution in [3.8, 4) is 0 Å². The predicted molar refractivity (Wildman–Crippen MR) is 129 cm³/mol. The number of aliphatic hydroxyl groups is 1. The first-order valence-electron chi connectivity index (χ1n) is 12.4. The number of hydrogen-bond acceptors (Lipinski definition) is 3. The van der Waals surface area contributed by atoms with Gasteiger partial charge in [-0.1, -0.05) is 70.4 Å². The van der Waals surface area contributed by atoms with Gasteiger partial charge in [-0.05, 0) is 59.8 Å². The van der Waals surface area contributed by atoms with Crippen LogP contribution < -0.4 is 0 Å². The fraction of sp³-hybridized carbons (Fsp3) is 0.885. The third-order valence-corrected chi connectivity index (χ3v) is 6.07. The highest BCUT2D eigenvalue weighted by Gasteiger charge is 2.38. The quantitative estimate of drug-likeness (QED) is 0.203. The minimum atomic E-state index is -0.214. The second-order valence-electron chi connectivity index (χ2n) is 10.2. The molecular formula is C26H50N2O. The Kier molecular flexibility index (Phi) is 12.9. The van der Waals surface area contributed by atoms with Crippen LogP contribution >= 0.6 is 0 Å². The molecule has 0 fully saturated rings. The van der Waals surface area contributed by atoms with Crippen LogP contribution in [-0.2, 0) is 0 Å². The van der Waals surface area contributed by atoms with E-state index in [2.05, 4.69) is 51.7 Å². The summed E-state index contributed by atoms with van der Waals surface area (Å²) in [6, 6.07) is 0. The number of rotatable bonds is 17. The van der Waals surface area contributed by atoms with Gasteiger partial charge >= 0.3 is 0 Å². The van der Waals surface area contributed by atoms with E-state index in [4.69, 9.17) is 4.99 Å². The number of hydrogen-bond donors (Lipinski definition) is 1. The molecule has 0 saturated carbocycles. The van der Waals surface area contributed by atoms with Gasteiger partial charge in [0.2, 0.25) is 0 Å². The molecule has 1 N–H and O–H groups in total. The molecule has 0 atom stereocenters. The number of aliphatic hydroxyl groups excluding tert-OH is 1. The summed E-state index contributed by atoms with van der Waals surface area (Å²) in [5, 5.41) is 9.74. The molecule has 29 heavy (non-hydrogen) atoms. The predicted octanol–water partition coefficient (Wildman–Crippen LogP) is 7.29. The minimum absolute atomic E-state index is 0.0242. The molecule has 0 saturated heterocycles. The Bertz CT molecular complexity index is 479. The van der Waals surface area contributed by atoms with Gasteiger partial charge in [-0.2, -0.15) is 0 Å². The van der Waals surface area contributed by atoms with Crippen molar-refractivity contribution in [1.29, 1.82) is 0 Å². The van der Waals surface area contributed by atoms with Gasteiger partial charge in [0.1, 0.15) is 5.84 Å². The van der Waals surface area contributed by atoms with Crippen molar-refractivity contribution < 1.29 is 5.11 Å². The average molecular weight is 407 g/mol. The molecule has 170 valence electrons. The average Bonchev–Trinajstić information content (AvgIpc) is 3.00. The van der Waals surface area contributed by atoms with E-state index >= 15 is 0 Å². The van der Waals surface area contributed by atoms with Crippen molar-refractivity contribution in [2.24, 2.45) is 4.99 Å². The van der Waals surface area contributed by atoms with E-state index in [0.717, 1.165) is 13.0 Å². The van der Waals surface area contributed by atoms with Crippen LogP contribution in [0.4, 0.5) is 0 Å². The fourth-order valence-corrected chi connectivity index (χ4v) is 4.12. The lowest BCUT2D eigenvalue weighted by atomic mass is 10.00. The molecule has 0 amide bonds. The lowest BCUT2D eigenvalue weighted by Crippen LogP contribution is -2.50. The van der Waals surface area contributed by atoms with E-state index in [-0.39, 0.29) is 17.7 Å². The van der Waals surface area contributed by atoms with Gasteiger partial charge < -0.3 is 10.0 Å². The SMILES string of the molecule is CCCCCCCCC=CCCCCCCCC1=NC(C)(C)CN1C(C)(C)CO. The summed E-state index contributed by atoms with van der Waals surface area (Å²) in [4.78, 5) is 7.28. The van der Waals surface area contributed by atoms with Crippen LogP contribution in [0.25, 0.3) is 0 Å². The summed E-state index contributed by atoms with van der Waals surface area (Å²) in [7, 11) is 0. The summed E-state index contributed by atoms with van der Waals surface area (Å²) in [5.41, 5.74) is -0.238. The van der Waals surface area contributed by atoms with E-state index in [1.54, 1.807) is 0 Å². The van der Waals surface area contributed by atoms with Gasteiger partial charge in [0, 0.05) is 13.0 Å². The number of aliphatic imine (C=N–C) groups is 1. The zero-order valence-corrected chi connectivity index (χ0v) is 20.3. The van der Waals surface area contributed by atoms with Crippen LogP contribution in [0, 0.1) is 0 Å². The summed E-state index contributed by atoms with van der Waals surface area (Å²) in [6.45, 7) is 12.0. The second-order valence-corrected chi connectivity index (χ2v) is 10.2. The van der Waals surface area contributed by atoms with Crippen molar-refractivity contribution in [2.45, 2.75) is 136 Å². The summed E-state index contributed by atoms with van der Waals surface area (Å²) >= 11 is 0. The monoisotopic (exact) mass is 406 g/mol. The van der Waals surface area contributed by atoms with Crippen LogP contribution in [0.1, 0.15) is 125 Å². The van der Waals surface area contributed by atoms with E-state index in [0.29, 0.717) is 0 Å². The molecule has 0 unspecified atom stereocenters. The van der Waals surface area contributed by atoms with Crippen LogP contribution in [0.3, 0.4) is 0 Å². The molecule has 1 aliphatic heterocycles. The van der Waals surface area contributed by atoms with Gasteiger partial charge in [0.25, 0.3) is 0 Å². The highest BCUT2D eigenvalue weighted by molar-refractivity contribution is 5.85. The van der Waals surface area contributed by atoms with Gasteiger partial charge in [-0.15, -0.1) is 0 Å². The van der Waals surface area contributed by atoms with Gasteiger partial charge in [-0.25, -0.2) is 0 Å². The largest absolute Gasteiger partial charge is 0.394 e. The van der Waals surface area contributed by atoms with E-state index in [9.17, 15) is 5.11 Å². The van der Waals surface area contributed by atoms with Gasteiger partial charge in [0.15, 0.2) is 0 Å². The Hall–Kier alpha value is -0.830. The Morgan fingerprint density at radius 1 is 0.897 bits per heavy atom. The maximum Gasteiger partial charge on any atom is 0.100 e. The maximum absolute atomic E-state index is 9.74. The third-order valence-electron chi connectivity index (χ3n) is 6.07. The molecule has 0 aromatic rings. The van der Waals surface area contributed by atoms with Crippen LogP contribution in [0.5, 0.6) is 0 Å². The fourth-order valence-electron chi connectivity index (χ4n) is 4.12. The molecule has 3 nitrogen and oxygen atoms in total. The van der Waals surface area contributed by atoms with E-state index < -0.39 is 0 Å². The van der Waals surface area contributed by atoms with Crippen LogP contribution in [0.2, 0.25) is 0 Å². The molecule has 0 aromatic carbocycles. The van der Waals surface area contributed by atoms with Crippen LogP contribution in [-0.4, -0.2) is 40.1 Å². The van der Waals surface area contributed by atoms with Crippen LogP contribution in [0.15, 0.2) is 17.1 Å². The number of allylic oxidation sites excluding steroid dienone is 2. The molecule has 1 aliphatic rings. The molecular weight excluding hydrogens is 356 g/mol. The first kappa shape index (κ1) is 26.2. The molecule has 0 bridgehead atoms. The molecule has 0 aromatic heterocycles. The Balaban J connectivity index is 2.06. The summed E-state index contributed by atoms with van der Waals surface area (Å²) < 4.78 is 0. The van der Waals surface area contributed by atoms with Gasteiger partial charge in [-0.3, -0.25) is 4.99 Å². The van der Waals surface area contributed by atoms with Crippen molar-refractivity contribution in [3.05, 3.63) is 12.2 Å². The van der Waals surface area contributed by atoms with E-state index in [1.807, 2.05) is 0 Å². The molecule has 0 radical (unpaired) electrons. The second kappa shape index (κ2) is 14.2. The van der Waals surface area contributed by atoms with Crippen molar-refractivity contribution in [1.82, 2.24) is 4.90 Å². The van der Waals surface area contributed by atoms with Crippen molar-refractivity contribution >= 4 is 5.84 Å². The minimum Gasteiger partial charge on any atom is -0.394 e. The zero-order valence-electron chi connectivity index (χ0n) is 20.3. The zero-order chi connectivity index (χ0) is 21.6. The van der Waals surface area contributed by atoms with Crippen molar-refractivity contribution in [2.75, 3.05) is 13.2 Å². The number of amidine groups is 1. The van der Waals surface area contributed by atoms with E-state index in [1.165, 1.54) is 89.3 Å². The maximum atomic E-state index is 9.74. The van der Waals surface area contributed by atoms with Gasteiger partial charge in [0.05, 0.1) is 17.7 Å². The first-order chi connectivity index (χ1) is 13.8. The first-order valence-corrected chi connectivity index (χ1v) is 12.4. The normalized spacial score (nSPS) is 16.8. The molecule has 0 aliphatic carbocycles. The number of nitrogens with zero attached hydrogens (tertiary/aromatic N) is 2. The van der Waals surface area contributed by atoms with Crippen molar-refractivity contribution in [3.63, 3.8) is 0 Å².